The minimum Gasteiger partial charge on any atom is -0.387 e. The molecule has 0 amide bonds. The predicted octanol–water partition coefficient (Wildman–Crippen LogP) is 3.24. The van der Waals surface area contributed by atoms with Crippen molar-refractivity contribution in [3.63, 3.8) is 0 Å². The van der Waals surface area contributed by atoms with E-state index in [9.17, 15) is 5.11 Å². The molecular weight excluding hydrogens is 244 g/mol. The number of fused-ring (bicyclic) bond motifs is 1. The summed E-state index contributed by atoms with van der Waals surface area (Å²) in [5.74, 6) is 0.622. The molecule has 3 nitrogen and oxygen atoms in total. The molecule has 0 aliphatic heterocycles. The lowest BCUT2D eigenvalue weighted by Crippen LogP contribution is -2.25. The fourth-order valence-corrected chi connectivity index (χ4v) is 3.71. The van der Waals surface area contributed by atoms with Gasteiger partial charge in [-0.25, -0.2) is 4.98 Å². The molecule has 1 heterocycles. The predicted molar refractivity (Wildman–Crippen MR) is 77.3 cm³/mol. The first kappa shape index (κ1) is 13.8. The van der Waals surface area contributed by atoms with Crippen LogP contribution in [0.3, 0.4) is 0 Å². The van der Waals surface area contributed by atoms with E-state index in [4.69, 9.17) is 4.98 Å². The third-order valence-electron chi connectivity index (χ3n) is 3.38. The van der Waals surface area contributed by atoms with Gasteiger partial charge in [0.15, 0.2) is 5.13 Å². The summed E-state index contributed by atoms with van der Waals surface area (Å²) in [6.07, 6.45) is 1.49. The van der Waals surface area contributed by atoms with E-state index < -0.39 is 0 Å². The Hall–Kier alpha value is -0.610. The van der Waals surface area contributed by atoms with Crippen LogP contribution in [0.15, 0.2) is 0 Å². The van der Waals surface area contributed by atoms with Crippen molar-refractivity contribution in [1.82, 2.24) is 4.98 Å². The number of anilines is 1. The SMILES string of the molecule is CC(C)CN(C)c1nc2c(s1)C(O)CC(C)(C)C2. The van der Waals surface area contributed by atoms with Gasteiger partial charge in [-0.05, 0) is 24.2 Å². The van der Waals surface area contributed by atoms with Crippen molar-refractivity contribution in [2.24, 2.45) is 11.3 Å². The van der Waals surface area contributed by atoms with Crippen LogP contribution in [0.25, 0.3) is 0 Å². The third-order valence-corrected chi connectivity index (χ3v) is 4.69. The summed E-state index contributed by atoms with van der Waals surface area (Å²) in [5.41, 5.74) is 1.27. The highest BCUT2D eigenvalue weighted by atomic mass is 32.1. The summed E-state index contributed by atoms with van der Waals surface area (Å²) in [4.78, 5) is 8.02. The summed E-state index contributed by atoms with van der Waals surface area (Å²) in [7, 11) is 2.09. The van der Waals surface area contributed by atoms with E-state index in [0.29, 0.717) is 5.92 Å². The Kier molecular flexibility index (Phi) is 3.70. The number of hydrogen-bond donors (Lipinski definition) is 1. The summed E-state index contributed by atoms with van der Waals surface area (Å²) in [6, 6.07) is 0. The fourth-order valence-electron chi connectivity index (χ4n) is 2.67. The molecule has 0 spiro atoms. The van der Waals surface area contributed by atoms with Crippen LogP contribution in [-0.2, 0) is 6.42 Å². The Bertz CT molecular complexity index is 425. The van der Waals surface area contributed by atoms with Crippen molar-refractivity contribution in [3.05, 3.63) is 10.6 Å². The van der Waals surface area contributed by atoms with Gasteiger partial charge in [0, 0.05) is 13.6 Å². The second-order valence-electron chi connectivity index (χ2n) is 6.64. The summed E-state index contributed by atoms with van der Waals surface area (Å²) >= 11 is 1.66. The fraction of sp³-hybridized carbons (Fsp3) is 0.786. The Morgan fingerprint density at radius 3 is 2.78 bits per heavy atom. The highest BCUT2D eigenvalue weighted by molar-refractivity contribution is 7.15. The van der Waals surface area contributed by atoms with E-state index in [2.05, 4.69) is 39.6 Å². The van der Waals surface area contributed by atoms with Crippen LogP contribution in [0.5, 0.6) is 0 Å². The molecular formula is C14H24N2OS. The number of thiazole rings is 1. The Labute approximate surface area is 114 Å². The molecule has 102 valence electrons. The van der Waals surface area contributed by atoms with E-state index in [0.717, 1.165) is 35.1 Å². The van der Waals surface area contributed by atoms with Gasteiger partial charge in [-0.2, -0.15) is 0 Å². The zero-order valence-electron chi connectivity index (χ0n) is 12.0. The van der Waals surface area contributed by atoms with Crippen LogP contribution in [0.4, 0.5) is 5.13 Å². The Balaban J connectivity index is 2.23. The maximum atomic E-state index is 10.2. The van der Waals surface area contributed by atoms with Crippen LogP contribution in [0.1, 0.15) is 50.8 Å². The third kappa shape index (κ3) is 2.86. The molecule has 0 aromatic carbocycles. The molecule has 4 heteroatoms. The molecule has 0 saturated carbocycles. The van der Waals surface area contributed by atoms with E-state index in [1.165, 1.54) is 0 Å². The van der Waals surface area contributed by atoms with Gasteiger partial charge < -0.3 is 10.0 Å². The lowest BCUT2D eigenvalue weighted by molar-refractivity contribution is 0.102. The van der Waals surface area contributed by atoms with Gasteiger partial charge in [0.1, 0.15) is 0 Å². The molecule has 1 unspecified atom stereocenters. The quantitative estimate of drug-likeness (QED) is 0.914. The molecule has 18 heavy (non-hydrogen) atoms. The summed E-state index contributed by atoms with van der Waals surface area (Å²) in [6.45, 7) is 9.84. The molecule has 2 rings (SSSR count). The standard InChI is InChI=1S/C14H24N2OS/c1-9(2)8-16(5)13-15-10-6-14(3,4)7-11(17)12(10)18-13/h9,11,17H,6-8H2,1-5H3. The van der Waals surface area contributed by atoms with Crippen LogP contribution in [0, 0.1) is 11.3 Å². The van der Waals surface area contributed by atoms with Gasteiger partial charge in [0.25, 0.3) is 0 Å². The molecule has 1 N–H and O–H groups in total. The van der Waals surface area contributed by atoms with E-state index in [1.807, 2.05) is 0 Å². The van der Waals surface area contributed by atoms with Gasteiger partial charge in [0.2, 0.25) is 0 Å². The molecule has 1 aliphatic rings. The maximum absolute atomic E-state index is 10.2. The largest absolute Gasteiger partial charge is 0.387 e. The van der Waals surface area contributed by atoms with Gasteiger partial charge in [-0.1, -0.05) is 39.0 Å². The molecule has 0 radical (unpaired) electrons. The molecule has 0 saturated heterocycles. The monoisotopic (exact) mass is 268 g/mol. The van der Waals surface area contributed by atoms with Crippen molar-refractivity contribution >= 4 is 16.5 Å². The van der Waals surface area contributed by atoms with Crippen molar-refractivity contribution in [1.29, 1.82) is 0 Å². The van der Waals surface area contributed by atoms with Crippen LogP contribution >= 0.6 is 11.3 Å². The van der Waals surface area contributed by atoms with Gasteiger partial charge in [0.05, 0.1) is 16.7 Å². The number of aliphatic hydroxyl groups is 1. The highest BCUT2D eigenvalue weighted by Gasteiger charge is 2.34. The normalized spacial score (nSPS) is 22.1. The van der Waals surface area contributed by atoms with Gasteiger partial charge in [-0.15, -0.1) is 0 Å². The molecule has 1 atom stereocenters. The lowest BCUT2D eigenvalue weighted by atomic mass is 9.77. The first-order valence-corrected chi connectivity index (χ1v) is 7.49. The van der Waals surface area contributed by atoms with Gasteiger partial charge >= 0.3 is 0 Å². The minimum absolute atomic E-state index is 0.161. The number of aliphatic hydroxyl groups excluding tert-OH is 1. The van der Waals surface area contributed by atoms with Crippen LogP contribution < -0.4 is 4.90 Å². The van der Waals surface area contributed by atoms with E-state index in [-0.39, 0.29) is 11.5 Å². The summed E-state index contributed by atoms with van der Waals surface area (Å²) in [5, 5.41) is 11.3. The Morgan fingerprint density at radius 2 is 2.17 bits per heavy atom. The zero-order valence-corrected chi connectivity index (χ0v) is 12.8. The number of aromatic nitrogens is 1. The van der Waals surface area contributed by atoms with Crippen molar-refractivity contribution < 1.29 is 5.11 Å². The first-order chi connectivity index (χ1) is 8.28. The average Bonchev–Trinajstić information content (AvgIpc) is 2.58. The molecule has 1 aromatic rings. The molecule has 1 aliphatic carbocycles. The topological polar surface area (TPSA) is 36.4 Å². The van der Waals surface area contributed by atoms with Gasteiger partial charge in [-0.3, -0.25) is 0 Å². The van der Waals surface area contributed by atoms with Crippen LogP contribution in [-0.4, -0.2) is 23.7 Å². The van der Waals surface area contributed by atoms with Crippen molar-refractivity contribution in [2.75, 3.05) is 18.5 Å². The van der Waals surface area contributed by atoms with Crippen LogP contribution in [0.2, 0.25) is 0 Å². The maximum Gasteiger partial charge on any atom is 0.185 e. The number of nitrogens with zero attached hydrogens (tertiary/aromatic N) is 2. The second-order valence-corrected chi connectivity index (χ2v) is 7.65. The minimum atomic E-state index is -0.331. The van der Waals surface area contributed by atoms with E-state index in [1.54, 1.807) is 11.3 Å². The number of rotatable bonds is 3. The molecule has 0 bridgehead atoms. The first-order valence-electron chi connectivity index (χ1n) is 6.67. The molecule has 1 aromatic heterocycles. The van der Waals surface area contributed by atoms with Crippen molar-refractivity contribution in [3.8, 4) is 0 Å². The zero-order chi connectivity index (χ0) is 13.5. The second kappa shape index (κ2) is 4.82. The summed E-state index contributed by atoms with van der Waals surface area (Å²) < 4.78 is 0. The average molecular weight is 268 g/mol. The smallest absolute Gasteiger partial charge is 0.185 e. The Morgan fingerprint density at radius 1 is 1.50 bits per heavy atom. The van der Waals surface area contributed by atoms with Crippen molar-refractivity contribution in [2.45, 2.75) is 46.6 Å². The highest BCUT2D eigenvalue weighted by Crippen LogP contribution is 2.44. The molecule has 0 fully saturated rings. The van der Waals surface area contributed by atoms with E-state index >= 15 is 0 Å². The lowest BCUT2D eigenvalue weighted by Gasteiger charge is -2.31. The number of hydrogen-bond acceptors (Lipinski definition) is 4.